The summed E-state index contributed by atoms with van der Waals surface area (Å²) >= 11 is 0. The zero-order valence-corrected chi connectivity index (χ0v) is 30.0. The molecule has 2 amide bonds. The molecule has 2 heterocycles. The number of benzene rings is 1. The van der Waals surface area contributed by atoms with Gasteiger partial charge in [-0.15, -0.1) is 0 Å². The van der Waals surface area contributed by atoms with Crippen molar-refractivity contribution in [2.75, 3.05) is 69.1 Å². The third-order valence-electron chi connectivity index (χ3n) is 8.18. The van der Waals surface area contributed by atoms with Crippen molar-refractivity contribution in [2.45, 2.75) is 92.5 Å². The van der Waals surface area contributed by atoms with E-state index in [-0.39, 0.29) is 32.3 Å². The third-order valence-corrected chi connectivity index (χ3v) is 11.2. The molecule has 2 aliphatic rings. The van der Waals surface area contributed by atoms with Crippen molar-refractivity contribution in [3.05, 3.63) is 24.3 Å². The number of unbranched alkanes of at least 4 members (excludes halogenated alkanes) is 1. The lowest BCUT2D eigenvalue weighted by atomic mass is 9.98. The number of carbonyl (C=O) groups excluding carboxylic acids is 2. The summed E-state index contributed by atoms with van der Waals surface area (Å²) in [5.74, 6) is 0.806. The predicted octanol–water partition coefficient (Wildman–Crippen LogP) is -1.84. The van der Waals surface area contributed by atoms with E-state index in [1.165, 1.54) is 12.2 Å². The van der Waals surface area contributed by atoms with Crippen molar-refractivity contribution >= 4 is 44.8 Å². The van der Waals surface area contributed by atoms with Crippen LogP contribution in [0.25, 0.3) is 0 Å². The molecular formula is C32H53N3O14S2. The zero-order chi connectivity index (χ0) is 37.2. The van der Waals surface area contributed by atoms with Crippen LogP contribution in [0.15, 0.2) is 24.3 Å². The molecule has 19 heteroatoms. The van der Waals surface area contributed by atoms with Gasteiger partial charge in [0.15, 0.2) is 6.29 Å². The maximum absolute atomic E-state index is 12.4. The Balaban J connectivity index is 1.31. The van der Waals surface area contributed by atoms with Gasteiger partial charge in [-0.3, -0.25) is 9.59 Å². The smallest absolute Gasteiger partial charge is 0.250 e. The highest BCUT2D eigenvalue weighted by atomic mass is 33.1. The Kier molecular flexibility index (Phi) is 20.3. The van der Waals surface area contributed by atoms with Gasteiger partial charge in [0.05, 0.1) is 39.1 Å². The first kappa shape index (κ1) is 43.6. The maximum Gasteiger partial charge on any atom is 0.250 e. The summed E-state index contributed by atoms with van der Waals surface area (Å²) in [6, 6.07) is 6.45. The van der Waals surface area contributed by atoms with Gasteiger partial charge < -0.3 is 75.8 Å². The molecule has 10 atom stereocenters. The van der Waals surface area contributed by atoms with Crippen LogP contribution in [-0.2, 0) is 28.5 Å². The molecule has 5 unspecified atom stereocenters. The van der Waals surface area contributed by atoms with Crippen LogP contribution in [0.3, 0.4) is 0 Å². The van der Waals surface area contributed by atoms with Gasteiger partial charge in [0.25, 0.3) is 0 Å². The molecule has 0 spiro atoms. The van der Waals surface area contributed by atoms with E-state index < -0.39 is 74.2 Å². The van der Waals surface area contributed by atoms with Crippen LogP contribution in [0.4, 0.5) is 11.4 Å². The summed E-state index contributed by atoms with van der Waals surface area (Å²) in [7, 11) is 3.88. The second kappa shape index (κ2) is 23.8. The van der Waals surface area contributed by atoms with E-state index >= 15 is 0 Å². The summed E-state index contributed by atoms with van der Waals surface area (Å²) < 4.78 is 21.5. The van der Waals surface area contributed by atoms with E-state index in [9.17, 15) is 50.4 Å². The van der Waals surface area contributed by atoms with Crippen molar-refractivity contribution in [3.8, 4) is 0 Å². The molecular weight excluding hydrogens is 714 g/mol. The fraction of sp³-hybridized carbons (Fsp3) is 0.750. The molecule has 2 saturated heterocycles. The quantitative estimate of drug-likeness (QED) is 0.0408. The predicted molar refractivity (Wildman–Crippen MR) is 189 cm³/mol. The molecule has 0 radical (unpaired) electrons. The molecule has 2 fully saturated rings. The van der Waals surface area contributed by atoms with E-state index in [1.807, 2.05) is 21.6 Å². The monoisotopic (exact) mass is 767 g/mol. The fourth-order valence-corrected chi connectivity index (χ4v) is 8.29. The Bertz CT molecular complexity index is 1150. The second-order valence-corrected chi connectivity index (χ2v) is 15.0. The van der Waals surface area contributed by atoms with Gasteiger partial charge in [0.1, 0.15) is 49.3 Å². The van der Waals surface area contributed by atoms with Gasteiger partial charge >= 0.3 is 0 Å². The standard InChI is InChI=1S/C32H53N3O14S2/c36-16-23(39)31(49-32-30(45)29(44)28(43)24(17-37)48-32)27(42)22(38)15-34-19-4-3-5-20(14-19)35-26(41)18-47-12-11-46-10-9-33-25(40)7-2-1-6-21-8-13-50-51-21/h3-5,14,21-24,27-32,34,36-39,42-45H,1-2,6-13,15-18H2,(H,33,40)(H,35,41)/t21?,22-,23?,24?,27?,28-,29?,30+,31+,32+/m1/s1. The lowest BCUT2D eigenvalue weighted by molar-refractivity contribution is -0.326. The molecule has 292 valence electrons. The molecule has 0 aromatic heterocycles. The van der Waals surface area contributed by atoms with Gasteiger partial charge in [-0.25, -0.2) is 0 Å². The number of amides is 2. The number of rotatable bonds is 24. The maximum atomic E-state index is 12.4. The lowest BCUT2D eigenvalue weighted by Crippen LogP contribution is -2.61. The summed E-state index contributed by atoms with van der Waals surface area (Å²) in [4.78, 5) is 24.3. The van der Waals surface area contributed by atoms with Gasteiger partial charge in [-0.05, 0) is 37.5 Å². The van der Waals surface area contributed by atoms with Gasteiger partial charge in [0.2, 0.25) is 11.8 Å². The molecule has 0 saturated carbocycles. The van der Waals surface area contributed by atoms with Crippen molar-refractivity contribution < 1.29 is 69.4 Å². The fourth-order valence-electron chi connectivity index (χ4n) is 5.26. The summed E-state index contributed by atoms with van der Waals surface area (Å²) in [6.07, 6.45) is -10.4. The van der Waals surface area contributed by atoms with Crippen LogP contribution >= 0.6 is 21.6 Å². The number of hydrogen-bond donors (Lipinski definition) is 11. The average molecular weight is 768 g/mol. The number of aliphatic hydroxyl groups excluding tert-OH is 8. The number of hydrogen-bond acceptors (Lipinski definition) is 17. The van der Waals surface area contributed by atoms with Crippen LogP contribution < -0.4 is 16.0 Å². The van der Waals surface area contributed by atoms with Crippen LogP contribution in [0, 0.1) is 0 Å². The average Bonchev–Trinajstić information content (AvgIpc) is 3.65. The molecule has 1 aromatic carbocycles. The highest BCUT2D eigenvalue weighted by molar-refractivity contribution is 8.77. The second-order valence-electron chi connectivity index (χ2n) is 12.2. The summed E-state index contributed by atoms with van der Waals surface area (Å²) in [5.41, 5.74) is 0.850. The summed E-state index contributed by atoms with van der Waals surface area (Å²) in [5, 5.41) is 89.9. The minimum absolute atomic E-state index is 0.0132. The zero-order valence-electron chi connectivity index (χ0n) is 28.3. The first-order valence-electron chi connectivity index (χ1n) is 17.0. The van der Waals surface area contributed by atoms with Crippen LogP contribution in [0.2, 0.25) is 0 Å². The molecule has 51 heavy (non-hydrogen) atoms. The number of nitrogens with one attached hydrogen (secondary N) is 3. The lowest BCUT2D eigenvalue weighted by Gasteiger charge is -2.42. The van der Waals surface area contributed by atoms with Crippen molar-refractivity contribution in [2.24, 2.45) is 0 Å². The Morgan fingerprint density at radius 3 is 2.43 bits per heavy atom. The Hall–Kier alpha value is -1.82. The molecule has 11 N–H and O–H groups in total. The SMILES string of the molecule is O=C(CCCCC1CCSS1)NCCOCCOCC(=O)Nc1cccc(NC[C@@H](O)C(O)[C@@H](O[C@@H]2OC(CO)[C@@H](O)C(O)[C@@H]2O)C(O)CO)c1. The van der Waals surface area contributed by atoms with E-state index in [2.05, 4.69) is 16.0 Å². The van der Waals surface area contributed by atoms with Crippen LogP contribution in [-0.4, -0.2) is 172 Å². The van der Waals surface area contributed by atoms with E-state index in [0.717, 1.165) is 24.5 Å². The topological polar surface area (TPSA) is 269 Å². The van der Waals surface area contributed by atoms with Gasteiger partial charge in [-0.2, -0.15) is 0 Å². The van der Waals surface area contributed by atoms with E-state index in [4.69, 9.17) is 18.9 Å². The highest BCUT2D eigenvalue weighted by Gasteiger charge is 2.46. The minimum Gasteiger partial charge on any atom is -0.394 e. The van der Waals surface area contributed by atoms with E-state index in [0.29, 0.717) is 30.9 Å². The highest BCUT2D eigenvalue weighted by Crippen LogP contribution is 2.39. The number of anilines is 2. The molecule has 3 rings (SSSR count). The molecule has 17 nitrogen and oxygen atoms in total. The van der Waals surface area contributed by atoms with Crippen molar-refractivity contribution in [3.63, 3.8) is 0 Å². The number of ether oxygens (including phenoxy) is 4. The van der Waals surface area contributed by atoms with Crippen molar-refractivity contribution in [1.29, 1.82) is 0 Å². The molecule has 0 aliphatic carbocycles. The Morgan fingerprint density at radius 2 is 1.71 bits per heavy atom. The molecule has 2 aliphatic heterocycles. The minimum atomic E-state index is -1.85. The first-order chi connectivity index (χ1) is 24.5. The van der Waals surface area contributed by atoms with Gasteiger partial charge in [-0.1, -0.05) is 34.1 Å². The Labute approximate surface area is 304 Å². The van der Waals surface area contributed by atoms with Crippen LogP contribution in [0.1, 0.15) is 32.1 Å². The first-order valence-corrected chi connectivity index (χ1v) is 19.4. The Morgan fingerprint density at radius 1 is 0.941 bits per heavy atom. The van der Waals surface area contributed by atoms with E-state index in [1.54, 1.807) is 24.3 Å². The molecule has 1 aromatic rings. The van der Waals surface area contributed by atoms with Crippen LogP contribution in [0.5, 0.6) is 0 Å². The normalized spacial score (nSPS) is 25.9. The summed E-state index contributed by atoms with van der Waals surface area (Å²) in [6.45, 7) is -1.02. The number of aliphatic hydroxyl groups is 8. The van der Waals surface area contributed by atoms with Gasteiger partial charge in [0, 0.05) is 41.9 Å². The number of carbonyl (C=O) groups is 2. The largest absolute Gasteiger partial charge is 0.394 e. The molecule has 0 bridgehead atoms. The van der Waals surface area contributed by atoms with Crippen molar-refractivity contribution in [1.82, 2.24) is 5.32 Å². The third kappa shape index (κ3) is 15.2.